The van der Waals surface area contributed by atoms with E-state index in [1.807, 2.05) is 19.0 Å². The van der Waals surface area contributed by atoms with Gasteiger partial charge in [0, 0.05) is 20.3 Å². The van der Waals surface area contributed by atoms with Gasteiger partial charge in [-0.15, -0.1) is 0 Å². The molecule has 5 nitrogen and oxygen atoms in total. The standard InChI is InChI=1S/C11H20N4O/c1-8(2)9(7-16)13-10-5-6-12-11(14-10)15(3)4/h5-6,8-9,16H,7H2,1-4H3,(H,12,13,14)/t9-/m1/s1. The fourth-order valence-electron chi connectivity index (χ4n) is 1.26. The van der Waals surface area contributed by atoms with Gasteiger partial charge in [0.25, 0.3) is 0 Å². The molecule has 16 heavy (non-hydrogen) atoms. The molecule has 0 unspecified atom stereocenters. The Bertz CT molecular complexity index is 328. The van der Waals surface area contributed by atoms with Crippen LogP contribution in [-0.4, -0.2) is 41.8 Å². The van der Waals surface area contributed by atoms with Crippen LogP contribution in [-0.2, 0) is 0 Å². The minimum atomic E-state index is 0.0184. The number of aromatic nitrogens is 2. The summed E-state index contributed by atoms with van der Waals surface area (Å²) in [6.07, 6.45) is 1.71. The zero-order valence-corrected chi connectivity index (χ0v) is 10.3. The quantitative estimate of drug-likeness (QED) is 0.780. The molecule has 0 aliphatic rings. The Morgan fingerprint density at radius 3 is 2.62 bits per heavy atom. The van der Waals surface area contributed by atoms with Crippen LogP contribution in [0.2, 0.25) is 0 Å². The van der Waals surface area contributed by atoms with E-state index in [-0.39, 0.29) is 12.6 Å². The van der Waals surface area contributed by atoms with Crippen LogP contribution in [0.4, 0.5) is 11.8 Å². The van der Waals surface area contributed by atoms with Crippen molar-refractivity contribution in [3.8, 4) is 0 Å². The van der Waals surface area contributed by atoms with Crippen LogP contribution in [0.15, 0.2) is 12.3 Å². The van der Waals surface area contributed by atoms with Crippen LogP contribution < -0.4 is 10.2 Å². The van der Waals surface area contributed by atoms with Crippen molar-refractivity contribution in [1.82, 2.24) is 9.97 Å². The van der Waals surface area contributed by atoms with Crippen molar-refractivity contribution in [2.45, 2.75) is 19.9 Å². The molecule has 1 aromatic heterocycles. The maximum absolute atomic E-state index is 9.22. The summed E-state index contributed by atoms with van der Waals surface area (Å²) >= 11 is 0. The second kappa shape index (κ2) is 5.65. The Labute approximate surface area is 96.5 Å². The van der Waals surface area contributed by atoms with Crippen LogP contribution in [0, 0.1) is 5.92 Å². The number of hydrogen-bond donors (Lipinski definition) is 2. The molecule has 5 heteroatoms. The zero-order chi connectivity index (χ0) is 12.1. The highest BCUT2D eigenvalue weighted by Crippen LogP contribution is 2.12. The van der Waals surface area contributed by atoms with E-state index in [2.05, 4.69) is 29.1 Å². The number of hydrogen-bond acceptors (Lipinski definition) is 5. The minimum absolute atomic E-state index is 0.0184. The molecule has 90 valence electrons. The molecule has 0 aromatic carbocycles. The molecular formula is C11H20N4O. The van der Waals surface area contributed by atoms with E-state index in [1.165, 1.54) is 0 Å². The summed E-state index contributed by atoms with van der Waals surface area (Å²) < 4.78 is 0. The lowest BCUT2D eigenvalue weighted by Gasteiger charge is -2.21. The molecule has 2 N–H and O–H groups in total. The summed E-state index contributed by atoms with van der Waals surface area (Å²) in [5.74, 6) is 1.75. The monoisotopic (exact) mass is 224 g/mol. The highest BCUT2D eigenvalue weighted by atomic mass is 16.3. The molecule has 0 aliphatic carbocycles. The molecule has 0 saturated heterocycles. The van der Waals surface area contributed by atoms with Gasteiger partial charge in [-0.2, -0.15) is 4.98 Å². The van der Waals surface area contributed by atoms with Crippen LogP contribution in [0.1, 0.15) is 13.8 Å². The van der Waals surface area contributed by atoms with E-state index in [9.17, 15) is 5.11 Å². The van der Waals surface area contributed by atoms with Crippen LogP contribution >= 0.6 is 0 Å². The van der Waals surface area contributed by atoms with Crippen LogP contribution in [0.25, 0.3) is 0 Å². The molecule has 0 spiro atoms. The number of aliphatic hydroxyl groups excluding tert-OH is 1. The molecule has 0 bridgehead atoms. The number of nitrogens with zero attached hydrogens (tertiary/aromatic N) is 3. The number of rotatable bonds is 5. The molecule has 1 rings (SSSR count). The Morgan fingerprint density at radius 1 is 1.44 bits per heavy atom. The van der Waals surface area contributed by atoms with Gasteiger partial charge in [-0.05, 0) is 12.0 Å². The average Bonchev–Trinajstić information content (AvgIpc) is 2.25. The van der Waals surface area contributed by atoms with Gasteiger partial charge in [0.05, 0.1) is 12.6 Å². The van der Waals surface area contributed by atoms with E-state index in [4.69, 9.17) is 0 Å². The van der Waals surface area contributed by atoms with Gasteiger partial charge < -0.3 is 15.3 Å². The first-order valence-corrected chi connectivity index (χ1v) is 5.42. The summed E-state index contributed by atoms with van der Waals surface area (Å²) in [7, 11) is 3.79. The number of aliphatic hydroxyl groups is 1. The first kappa shape index (κ1) is 12.7. The van der Waals surface area contributed by atoms with E-state index < -0.39 is 0 Å². The van der Waals surface area contributed by atoms with Gasteiger partial charge in [-0.1, -0.05) is 13.8 Å². The minimum Gasteiger partial charge on any atom is -0.394 e. The first-order chi connectivity index (χ1) is 7.54. The van der Waals surface area contributed by atoms with E-state index in [1.54, 1.807) is 12.3 Å². The van der Waals surface area contributed by atoms with Crippen molar-refractivity contribution in [2.24, 2.45) is 5.92 Å². The summed E-state index contributed by atoms with van der Waals surface area (Å²) in [5.41, 5.74) is 0. The highest BCUT2D eigenvalue weighted by molar-refractivity contribution is 5.41. The van der Waals surface area contributed by atoms with Gasteiger partial charge in [0.1, 0.15) is 5.82 Å². The lowest BCUT2D eigenvalue weighted by molar-refractivity contribution is 0.249. The Hall–Kier alpha value is -1.36. The van der Waals surface area contributed by atoms with Gasteiger partial charge >= 0.3 is 0 Å². The van der Waals surface area contributed by atoms with Crippen LogP contribution in [0.3, 0.4) is 0 Å². The third-order valence-corrected chi connectivity index (χ3v) is 2.38. The predicted molar refractivity (Wildman–Crippen MR) is 65.7 cm³/mol. The molecule has 0 saturated carbocycles. The Balaban J connectivity index is 2.76. The molecule has 1 aromatic rings. The normalized spacial score (nSPS) is 12.6. The molecule has 0 aliphatic heterocycles. The van der Waals surface area contributed by atoms with Crippen LogP contribution in [0.5, 0.6) is 0 Å². The predicted octanol–water partition coefficient (Wildman–Crippen LogP) is 0.971. The zero-order valence-electron chi connectivity index (χ0n) is 10.3. The Kier molecular flexibility index (Phi) is 4.49. The maximum Gasteiger partial charge on any atom is 0.226 e. The smallest absolute Gasteiger partial charge is 0.226 e. The molecule has 0 amide bonds. The fourth-order valence-corrected chi connectivity index (χ4v) is 1.26. The molecule has 0 fully saturated rings. The van der Waals surface area contributed by atoms with E-state index >= 15 is 0 Å². The Morgan fingerprint density at radius 2 is 2.12 bits per heavy atom. The SMILES string of the molecule is CC(C)[C@@H](CO)Nc1ccnc(N(C)C)n1. The number of anilines is 2. The maximum atomic E-state index is 9.22. The van der Waals surface area contributed by atoms with Crippen molar-refractivity contribution >= 4 is 11.8 Å². The van der Waals surface area contributed by atoms with Gasteiger partial charge in [-0.25, -0.2) is 4.98 Å². The summed E-state index contributed by atoms with van der Waals surface area (Å²) in [6, 6.07) is 1.82. The lowest BCUT2D eigenvalue weighted by atomic mass is 10.1. The van der Waals surface area contributed by atoms with Crippen molar-refractivity contribution < 1.29 is 5.11 Å². The third-order valence-electron chi connectivity index (χ3n) is 2.38. The molecule has 0 radical (unpaired) electrons. The lowest BCUT2D eigenvalue weighted by Crippen LogP contribution is -2.30. The van der Waals surface area contributed by atoms with Crippen molar-refractivity contribution in [2.75, 3.05) is 30.9 Å². The number of nitrogens with one attached hydrogen (secondary N) is 1. The topological polar surface area (TPSA) is 61.3 Å². The molecular weight excluding hydrogens is 204 g/mol. The average molecular weight is 224 g/mol. The van der Waals surface area contributed by atoms with Gasteiger partial charge in [-0.3, -0.25) is 0 Å². The van der Waals surface area contributed by atoms with Gasteiger partial charge in [0.15, 0.2) is 0 Å². The van der Waals surface area contributed by atoms with Crippen molar-refractivity contribution in [3.63, 3.8) is 0 Å². The van der Waals surface area contributed by atoms with Crippen molar-refractivity contribution in [3.05, 3.63) is 12.3 Å². The fraction of sp³-hybridized carbons (Fsp3) is 0.636. The summed E-state index contributed by atoms with van der Waals surface area (Å²) in [6.45, 7) is 4.21. The summed E-state index contributed by atoms with van der Waals surface area (Å²) in [5, 5.41) is 12.4. The summed E-state index contributed by atoms with van der Waals surface area (Å²) in [4.78, 5) is 10.3. The second-order valence-corrected chi connectivity index (χ2v) is 4.31. The van der Waals surface area contributed by atoms with Gasteiger partial charge in [0.2, 0.25) is 5.95 Å². The van der Waals surface area contributed by atoms with E-state index in [0.29, 0.717) is 11.9 Å². The second-order valence-electron chi connectivity index (χ2n) is 4.31. The largest absolute Gasteiger partial charge is 0.394 e. The highest BCUT2D eigenvalue weighted by Gasteiger charge is 2.12. The third kappa shape index (κ3) is 3.34. The van der Waals surface area contributed by atoms with Crippen molar-refractivity contribution in [1.29, 1.82) is 0 Å². The first-order valence-electron chi connectivity index (χ1n) is 5.42. The molecule has 1 atom stereocenters. The molecule has 1 heterocycles. The van der Waals surface area contributed by atoms with E-state index in [0.717, 1.165) is 5.82 Å².